The lowest BCUT2D eigenvalue weighted by Crippen LogP contribution is -2.59. The molecule has 24 heavy (non-hydrogen) atoms. The zero-order valence-electron chi connectivity index (χ0n) is 12.4. The van der Waals surface area contributed by atoms with Crippen molar-refractivity contribution in [1.29, 1.82) is 0 Å². The molecule has 1 atom stereocenters. The molecule has 0 aliphatic carbocycles. The summed E-state index contributed by atoms with van der Waals surface area (Å²) in [6, 6.07) is 6.92. The summed E-state index contributed by atoms with van der Waals surface area (Å²) in [4.78, 5) is 25.1. The van der Waals surface area contributed by atoms with Crippen molar-refractivity contribution >= 4 is 34.8 Å². The molecule has 1 spiro atoms. The van der Waals surface area contributed by atoms with Crippen LogP contribution in [0.3, 0.4) is 0 Å². The maximum Gasteiger partial charge on any atom is 0.276 e. The first-order valence-corrected chi connectivity index (χ1v) is 7.43. The third kappa shape index (κ3) is 1.81. The molecule has 4 rings (SSSR count). The average molecular weight is 348 g/mol. The maximum atomic E-state index is 13.4. The van der Waals surface area contributed by atoms with Gasteiger partial charge in [0.15, 0.2) is 0 Å². The first kappa shape index (κ1) is 14.8. The molecule has 2 aliphatic rings. The Hall–Kier alpha value is -2.80. The highest BCUT2D eigenvalue weighted by Gasteiger charge is 2.53. The molecule has 2 aromatic rings. The van der Waals surface area contributed by atoms with Gasteiger partial charge in [-0.2, -0.15) is 0 Å². The van der Waals surface area contributed by atoms with E-state index in [0.29, 0.717) is 22.7 Å². The molecule has 0 radical (unpaired) electrons. The number of hydrogen-bond donors (Lipinski definition) is 3. The quantitative estimate of drug-likeness (QED) is 0.740. The fourth-order valence-electron chi connectivity index (χ4n) is 3.06. The van der Waals surface area contributed by atoms with Gasteiger partial charge in [-0.05, 0) is 30.3 Å². The van der Waals surface area contributed by atoms with Crippen LogP contribution < -0.4 is 20.7 Å². The van der Waals surface area contributed by atoms with Crippen LogP contribution in [-0.4, -0.2) is 18.9 Å². The molecule has 2 amide bonds. The van der Waals surface area contributed by atoms with Crippen molar-refractivity contribution in [1.82, 2.24) is 5.32 Å². The van der Waals surface area contributed by atoms with E-state index >= 15 is 0 Å². The average Bonchev–Trinajstić information content (AvgIpc) is 2.82. The number of ether oxygens (including phenoxy) is 1. The molecule has 1 unspecified atom stereocenters. The monoisotopic (exact) mass is 347 g/mol. The summed E-state index contributed by atoms with van der Waals surface area (Å²) in [5, 5.41) is 8.54. The van der Waals surface area contributed by atoms with Gasteiger partial charge < -0.3 is 20.7 Å². The Morgan fingerprint density at radius 2 is 1.96 bits per heavy atom. The lowest BCUT2D eigenvalue weighted by molar-refractivity contribution is -0.120. The summed E-state index contributed by atoms with van der Waals surface area (Å²) in [6.45, 7) is 0. The molecule has 0 saturated heterocycles. The second-order valence-electron chi connectivity index (χ2n) is 5.47. The molecule has 0 bridgehead atoms. The Morgan fingerprint density at radius 3 is 2.71 bits per heavy atom. The summed E-state index contributed by atoms with van der Waals surface area (Å²) >= 11 is 6.29. The SMILES string of the molecule is COc1ccc(Cl)c2c1NC(=O)C21NC(=O)c2cc(F)ccc2N1. The van der Waals surface area contributed by atoms with E-state index in [1.54, 1.807) is 12.1 Å². The number of carbonyl (C=O) groups excluding carboxylic acids is 2. The first-order valence-electron chi connectivity index (χ1n) is 7.05. The van der Waals surface area contributed by atoms with Gasteiger partial charge in [0.1, 0.15) is 11.6 Å². The van der Waals surface area contributed by atoms with Crippen molar-refractivity contribution in [2.45, 2.75) is 5.66 Å². The number of carbonyl (C=O) groups is 2. The van der Waals surface area contributed by atoms with Crippen LogP contribution in [0.1, 0.15) is 15.9 Å². The minimum absolute atomic E-state index is 0.112. The number of fused-ring (bicyclic) bond motifs is 3. The van der Waals surface area contributed by atoms with Crippen molar-refractivity contribution in [2.75, 3.05) is 17.7 Å². The second-order valence-corrected chi connectivity index (χ2v) is 5.88. The highest BCUT2D eigenvalue weighted by atomic mass is 35.5. The number of amides is 2. The van der Waals surface area contributed by atoms with E-state index in [1.165, 1.54) is 19.2 Å². The Morgan fingerprint density at radius 1 is 1.17 bits per heavy atom. The van der Waals surface area contributed by atoms with Crippen LogP contribution in [0.2, 0.25) is 5.02 Å². The Labute approximate surface area is 140 Å². The lowest BCUT2D eigenvalue weighted by atomic mass is 9.95. The molecule has 0 saturated carbocycles. The summed E-state index contributed by atoms with van der Waals surface area (Å²) in [5.74, 6) is -1.21. The normalized spacial score (nSPS) is 20.8. The van der Waals surface area contributed by atoms with Crippen LogP contribution in [0.5, 0.6) is 5.75 Å². The van der Waals surface area contributed by atoms with E-state index in [0.717, 1.165) is 6.07 Å². The van der Waals surface area contributed by atoms with E-state index in [4.69, 9.17) is 16.3 Å². The van der Waals surface area contributed by atoms with Crippen LogP contribution in [-0.2, 0) is 10.5 Å². The van der Waals surface area contributed by atoms with Gasteiger partial charge in [0, 0.05) is 5.69 Å². The van der Waals surface area contributed by atoms with Gasteiger partial charge in [0.25, 0.3) is 11.8 Å². The van der Waals surface area contributed by atoms with E-state index < -0.39 is 23.3 Å². The molecule has 3 N–H and O–H groups in total. The van der Waals surface area contributed by atoms with Crippen molar-refractivity contribution in [3.63, 3.8) is 0 Å². The molecular weight excluding hydrogens is 337 g/mol. The smallest absolute Gasteiger partial charge is 0.276 e. The first-order chi connectivity index (χ1) is 11.5. The van der Waals surface area contributed by atoms with Gasteiger partial charge in [0.05, 0.1) is 28.9 Å². The molecule has 8 heteroatoms. The van der Waals surface area contributed by atoms with Gasteiger partial charge in [-0.1, -0.05) is 11.6 Å². The Balaban J connectivity index is 1.94. The standard InChI is InChI=1S/C16H11ClFN3O3/c1-24-11-5-3-9(17)12-13(11)19-15(23)16(12)20-10-4-2-7(18)6-8(10)14(22)21-16/h2-6,20H,1H3,(H,19,23)(H,21,22). The van der Waals surface area contributed by atoms with Gasteiger partial charge >= 0.3 is 0 Å². The molecular formula is C16H11ClFN3O3. The van der Waals surface area contributed by atoms with Crippen LogP contribution in [0.25, 0.3) is 0 Å². The highest BCUT2D eigenvalue weighted by Crippen LogP contribution is 2.47. The van der Waals surface area contributed by atoms with Crippen molar-refractivity contribution in [3.8, 4) is 5.75 Å². The lowest BCUT2D eigenvalue weighted by Gasteiger charge is -2.36. The fraction of sp³-hybridized carbons (Fsp3) is 0.125. The summed E-state index contributed by atoms with van der Waals surface area (Å²) in [7, 11) is 1.46. The summed E-state index contributed by atoms with van der Waals surface area (Å²) in [5.41, 5.74) is -0.392. The fourth-order valence-corrected chi connectivity index (χ4v) is 3.36. The van der Waals surface area contributed by atoms with Crippen LogP contribution in [0.15, 0.2) is 30.3 Å². The number of anilines is 2. The van der Waals surface area contributed by atoms with Crippen molar-refractivity contribution in [2.24, 2.45) is 0 Å². The minimum atomic E-state index is -1.58. The molecule has 0 aromatic heterocycles. The predicted molar refractivity (Wildman–Crippen MR) is 85.8 cm³/mol. The number of hydrogen-bond acceptors (Lipinski definition) is 4. The summed E-state index contributed by atoms with van der Waals surface area (Å²) in [6.07, 6.45) is 0. The Kier molecular flexibility index (Phi) is 2.98. The van der Waals surface area contributed by atoms with Crippen molar-refractivity contribution < 1.29 is 18.7 Å². The molecule has 122 valence electrons. The third-order valence-corrected chi connectivity index (χ3v) is 4.45. The molecule has 2 aliphatic heterocycles. The largest absolute Gasteiger partial charge is 0.495 e. The minimum Gasteiger partial charge on any atom is -0.495 e. The van der Waals surface area contributed by atoms with Gasteiger partial charge in [0.2, 0.25) is 5.66 Å². The van der Waals surface area contributed by atoms with E-state index in [-0.39, 0.29) is 10.6 Å². The molecule has 6 nitrogen and oxygen atoms in total. The molecule has 2 aromatic carbocycles. The zero-order chi connectivity index (χ0) is 17.1. The zero-order valence-corrected chi connectivity index (χ0v) is 13.1. The van der Waals surface area contributed by atoms with Crippen LogP contribution in [0, 0.1) is 5.82 Å². The van der Waals surface area contributed by atoms with Crippen LogP contribution in [0.4, 0.5) is 15.8 Å². The molecule has 2 heterocycles. The van der Waals surface area contributed by atoms with Crippen molar-refractivity contribution in [3.05, 3.63) is 52.3 Å². The Bertz CT molecular complexity index is 918. The summed E-state index contributed by atoms with van der Waals surface area (Å²) < 4.78 is 18.6. The van der Waals surface area contributed by atoms with E-state index in [2.05, 4.69) is 16.0 Å². The van der Waals surface area contributed by atoms with Gasteiger partial charge in [-0.3, -0.25) is 9.59 Å². The highest BCUT2D eigenvalue weighted by molar-refractivity contribution is 6.33. The molecule has 0 fully saturated rings. The maximum absolute atomic E-state index is 13.4. The van der Waals surface area contributed by atoms with Gasteiger partial charge in [-0.15, -0.1) is 0 Å². The van der Waals surface area contributed by atoms with Crippen LogP contribution >= 0.6 is 11.6 Å². The number of benzene rings is 2. The second kappa shape index (κ2) is 4.85. The van der Waals surface area contributed by atoms with E-state index in [1.807, 2.05) is 0 Å². The number of methoxy groups -OCH3 is 1. The third-order valence-electron chi connectivity index (χ3n) is 4.14. The number of nitrogens with one attached hydrogen (secondary N) is 3. The van der Waals surface area contributed by atoms with E-state index in [9.17, 15) is 14.0 Å². The van der Waals surface area contributed by atoms with Gasteiger partial charge in [-0.25, -0.2) is 4.39 Å². The topological polar surface area (TPSA) is 79.5 Å². The predicted octanol–water partition coefficient (Wildman–Crippen LogP) is 2.45. The number of halogens is 2. The number of rotatable bonds is 1.